The SMILES string of the molecule is COc1ccccc1CNc1ccc2cc(Nc3cccc(CCO)c3)ccc2n1. The van der Waals surface area contributed by atoms with Gasteiger partial charge in [-0.15, -0.1) is 0 Å². The van der Waals surface area contributed by atoms with Crippen molar-refractivity contribution in [3.63, 3.8) is 0 Å². The standard InChI is InChI=1S/C25H25N3O2/c1-30-24-8-3-2-6-20(24)17-26-25-12-9-19-16-22(10-11-23(19)28-25)27-21-7-4-5-18(15-21)13-14-29/h2-12,15-16,27,29H,13-14,17H2,1H3,(H,26,28). The van der Waals surface area contributed by atoms with E-state index >= 15 is 0 Å². The van der Waals surface area contributed by atoms with Gasteiger partial charge in [0.05, 0.1) is 12.6 Å². The number of aliphatic hydroxyl groups excluding tert-OH is 1. The maximum Gasteiger partial charge on any atom is 0.126 e. The zero-order chi connectivity index (χ0) is 20.8. The summed E-state index contributed by atoms with van der Waals surface area (Å²) >= 11 is 0. The lowest BCUT2D eigenvalue weighted by molar-refractivity contribution is 0.299. The van der Waals surface area contributed by atoms with Crippen LogP contribution in [0.5, 0.6) is 5.75 Å². The number of hydrogen-bond acceptors (Lipinski definition) is 5. The molecule has 30 heavy (non-hydrogen) atoms. The maximum atomic E-state index is 9.13. The van der Waals surface area contributed by atoms with E-state index in [4.69, 9.17) is 14.8 Å². The minimum absolute atomic E-state index is 0.151. The number of rotatable bonds is 8. The first-order chi connectivity index (χ1) is 14.7. The largest absolute Gasteiger partial charge is 0.496 e. The summed E-state index contributed by atoms with van der Waals surface area (Å²) in [5.41, 5.74) is 5.13. The van der Waals surface area contributed by atoms with Gasteiger partial charge in [-0.05, 0) is 60.5 Å². The van der Waals surface area contributed by atoms with Gasteiger partial charge >= 0.3 is 0 Å². The van der Waals surface area contributed by atoms with E-state index < -0.39 is 0 Å². The summed E-state index contributed by atoms with van der Waals surface area (Å²) in [7, 11) is 1.68. The van der Waals surface area contributed by atoms with Crippen LogP contribution >= 0.6 is 0 Å². The number of nitrogens with one attached hydrogen (secondary N) is 2. The second kappa shape index (κ2) is 9.29. The molecule has 0 amide bonds. The Bertz CT molecular complexity index is 1140. The van der Waals surface area contributed by atoms with Crippen LogP contribution in [0, 0.1) is 0 Å². The average Bonchev–Trinajstić information content (AvgIpc) is 2.78. The van der Waals surface area contributed by atoms with E-state index in [9.17, 15) is 0 Å². The van der Waals surface area contributed by atoms with Gasteiger partial charge in [-0.1, -0.05) is 30.3 Å². The molecule has 5 nitrogen and oxygen atoms in total. The predicted molar refractivity (Wildman–Crippen MR) is 123 cm³/mol. The van der Waals surface area contributed by atoms with Crippen molar-refractivity contribution >= 4 is 28.1 Å². The number of aromatic nitrogens is 1. The Morgan fingerprint density at radius 2 is 1.77 bits per heavy atom. The molecule has 5 heteroatoms. The Labute approximate surface area is 176 Å². The number of methoxy groups -OCH3 is 1. The third-order valence-corrected chi connectivity index (χ3v) is 4.96. The molecule has 3 N–H and O–H groups in total. The van der Waals surface area contributed by atoms with Gasteiger partial charge in [0.15, 0.2) is 0 Å². The molecule has 0 aliphatic rings. The summed E-state index contributed by atoms with van der Waals surface area (Å²) in [5, 5.41) is 17.0. The first-order valence-corrected chi connectivity index (χ1v) is 9.98. The molecule has 0 spiro atoms. The van der Waals surface area contributed by atoms with Crippen molar-refractivity contribution in [2.24, 2.45) is 0 Å². The molecule has 1 heterocycles. The zero-order valence-corrected chi connectivity index (χ0v) is 16.9. The summed E-state index contributed by atoms with van der Waals surface area (Å²) in [6.07, 6.45) is 0.655. The number of para-hydroxylation sites is 1. The van der Waals surface area contributed by atoms with Crippen LogP contribution in [0.25, 0.3) is 10.9 Å². The smallest absolute Gasteiger partial charge is 0.126 e. The van der Waals surface area contributed by atoms with Gasteiger partial charge in [-0.3, -0.25) is 0 Å². The molecule has 0 aliphatic heterocycles. The minimum atomic E-state index is 0.151. The molecule has 4 aromatic rings. The number of fused-ring (bicyclic) bond motifs is 1. The lowest BCUT2D eigenvalue weighted by Gasteiger charge is -2.11. The van der Waals surface area contributed by atoms with E-state index in [-0.39, 0.29) is 6.61 Å². The Morgan fingerprint density at radius 1 is 0.900 bits per heavy atom. The Balaban J connectivity index is 1.48. The highest BCUT2D eigenvalue weighted by atomic mass is 16.5. The zero-order valence-electron chi connectivity index (χ0n) is 16.9. The molecule has 1 aromatic heterocycles. The van der Waals surface area contributed by atoms with E-state index in [2.05, 4.69) is 28.8 Å². The van der Waals surface area contributed by atoms with Crippen molar-refractivity contribution in [2.75, 3.05) is 24.4 Å². The molecule has 0 bridgehead atoms. The van der Waals surface area contributed by atoms with Gasteiger partial charge in [0.1, 0.15) is 11.6 Å². The quantitative estimate of drug-likeness (QED) is 0.383. The molecule has 4 rings (SSSR count). The highest BCUT2D eigenvalue weighted by Gasteiger charge is 2.04. The van der Waals surface area contributed by atoms with Crippen molar-refractivity contribution in [2.45, 2.75) is 13.0 Å². The van der Waals surface area contributed by atoms with Crippen LogP contribution in [-0.4, -0.2) is 23.8 Å². The van der Waals surface area contributed by atoms with Gasteiger partial charge < -0.3 is 20.5 Å². The number of benzene rings is 3. The van der Waals surface area contributed by atoms with E-state index in [1.807, 2.05) is 60.7 Å². The summed E-state index contributed by atoms with van der Waals surface area (Å²) in [6.45, 7) is 0.796. The van der Waals surface area contributed by atoms with E-state index in [1.165, 1.54) is 0 Å². The van der Waals surface area contributed by atoms with Crippen molar-refractivity contribution < 1.29 is 9.84 Å². The summed E-state index contributed by atoms with van der Waals surface area (Å²) in [5.74, 6) is 1.69. The second-order valence-corrected chi connectivity index (χ2v) is 7.07. The molecule has 3 aromatic carbocycles. The summed E-state index contributed by atoms with van der Waals surface area (Å²) < 4.78 is 5.41. The number of nitrogens with zero attached hydrogens (tertiary/aromatic N) is 1. The number of ether oxygens (including phenoxy) is 1. The van der Waals surface area contributed by atoms with Crippen LogP contribution in [0.15, 0.2) is 78.9 Å². The maximum absolute atomic E-state index is 9.13. The van der Waals surface area contributed by atoms with Crippen molar-refractivity contribution in [1.29, 1.82) is 0 Å². The molecule has 0 saturated heterocycles. The van der Waals surface area contributed by atoms with Crippen LogP contribution in [0.2, 0.25) is 0 Å². The van der Waals surface area contributed by atoms with Crippen LogP contribution in [0.3, 0.4) is 0 Å². The molecule has 0 atom stereocenters. The van der Waals surface area contributed by atoms with Crippen molar-refractivity contribution in [1.82, 2.24) is 4.98 Å². The molecule has 0 saturated carbocycles. The highest BCUT2D eigenvalue weighted by Crippen LogP contribution is 2.24. The van der Waals surface area contributed by atoms with Crippen molar-refractivity contribution in [3.8, 4) is 5.75 Å². The van der Waals surface area contributed by atoms with Gasteiger partial charge in [0, 0.05) is 35.5 Å². The third-order valence-electron chi connectivity index (χ3n) is 4.96. The van der Waals surface area contributed by atoms with Crippen LogP contribution < -0.4 is 15.4 Å². The highest BCUT2D eigenvalue weighted by molar-refractivity contribution is 5.84. The molecule has 0 fully saturated rings. The fourth-order valence-corrected chi connectivity index (χ4v) is 3.44. The Kier molecular flexibility index (Phi) is 6.11. The summed E-state index contributed by atoms with van der Waals surface area (Å²) in [4.78, 5) is 4.72. The second-order valence-electron chi connectivity index (χ2n) is 7.07. The molecular formula is C25H25N3O2. The third kappa shape index (κ3) is 4.70. The van der Waals surface area contributed by atoms with Crippen LogP contribution in [-0.2, 0) is 13.0 Å². The fraction of sp³-hybridized carbons (Fsp3) is 0.160. The van der Waals surface area contributed by atoms with Gasteiger partial charge in [-0.2, -0.15) is 0 Å². The Morgan fingerprint density at radius 3 is 2.63 bits per heavy atom. The molecule has 0 radical (unpaired) electrons. The van der Waals surface area contributed by atoms with Crippen LogP contribution in [0.4, 0.5) is 17.2 Å². The first kappa shape index (κ1) is 19.7. The number of anilines is 3. The first-order valence-electron chi connectivity index (χ1n) is 9.98. The molecule has 0 aliphatic carbocycles. The predicted octanol–water partition coefficient (Wildman–Crippen LogP) is 5.13. The number of pyridine rings is 1. The van der Waals surface area contributed by atoms with E-state index in [0.717, 1.165) is 45.0 Å². The van der Waals surface area contributed by atoms with E-state index in [0.29, 0.717) is 13.0 Å². The molecular weight excluding hydrogens is 374 g/mol. The number of aliphatic hydroxyl groups is 1. The topological polar surface area (TPSA) is 66.4 Å². The van der Waals surface area contributed by atoms with Crippen LogP contribution in [0.1, 0.15) is 11.1 Å². The fourth-order valence-electron chi connectivity index (χ4n) is 3.44. The van der Waals surface area contributed by atoms with Gasteiger partial charge in [-0.25, -0.2) is 4.98 Å². The monoisotopic (exact) mass is 399 g/mol. The lowest BCUT2D eigenvalue weighted by atomic mass is 10.1. The number of hydrogen-bond donors (Lipinski definition) is 3. The normalized spacial score (nSPS) is 10.7. The molecule has 152 valence electrons. The van der Waals surface area contributed by atoms with Gasteiger partial charge in [0.25, 0.3) is 0 Å². The minimum Gasteiger partial charge on any atom is -0.496 e. The average molecular weight is 399 g/mol. The Hall–Kier alpha value is -3.57. The lowest BCUT2D eigenvalue weighted by Crippen LogP contribution is -2.03. The van der Waals surface area contributed by atoms with Gasteiger partial charge in [0.2, 0.25) is 0 Å². The molecule has 0 unspecified atom stereocenters. The van der Waals surface area contributed by atoms with E-state index in [1.54, 1.807) is 7.11 Å². The summed E-state index contributed by atoms with van der Waals surface area (Å²) in [6, 6.07) is 26.3. The van der Waals surface area contributed by atoms with Crippen molar-refractivity contribution in [3.05, 3.63) is 90.0 Å².